The lowest BCUT2D eigenvalue weighted by molar-refractivity contribution is 1.00. The van der Waals surface area contributed by atoms with E-state index in [4.69, 9.17) is 5.73 Å². The molecule has 1 aromatic heterocycles. The lowest BCUT2D eigenvalue weighted by Gasteiger charge is -2.09. The molecule has 96 valence electrons. The molecule has 0 radical (unpaired) electrons. The summed E-state index contributed by atoms with van der Waals surface area (Å²) in [5.41, 5.74) is 8.89. The first-order chi connectivity index (χ1) is 9.22. The zero-order valence-electron chi connectivity index (χ0n) is 10.6. The van der Waals surface area contributed by atoms with Crippen LogP contribution in [0.2, 0.25) is 0 Å². The molecule has 0 spiro atoms. The molecule has 4 heteroatoms. The highest BCUT2D eigenvalue weighted by molar-refractivity contribution is 7.14. The molecule has 0 aliphatic heterocycles. The Kier molecular flexibility index (Phi) is 2.97. The van der Waals surface area contributed by atoms with Crippen molar-refractivity contribution < 1.29 is 0 Å². The molecular weight excluding hydrogens is 256 g/mol. The number of hydrogen-bond donors (Lipinski definition) is 1. The first-order valence-corrected chi connectivity index (χ1v) is 6.89. The maximum Gasteiger partial charge on any atom is 0.273 e. The normalized spacial score (nSPS) is 11.1. The van der Waals surface area contributed by atoms with Crippen LogP contribution in [0.5, 0.6) is 0 Å². The molecular formula is C15H14N2OS. The van der Waals surface area contributed by atoms with Crippen molar-refractivity contribution in [2.45, 2.75) is 13.5 Å². The zero-order chi connectivity index (χ0) is 13.4. The van der Waals surface area contributed by atoms with Crippen LogP contribution in [0.1, 0.15) is 11.1 Å². The van der Waals surface area contributed by atoms with Gasteiger partial charge < -0.3 is 5.73 Å². The molecule has 0 aliphatic rings. The van der Waals surface area contributed by atoms with Crippen LogP contribution in [0.25, 0.3) is 15.8 Å². The van der Waals surface area contributed by atoms with E-state index < -0.39 is 0 Å². The monoisotopic (exact) mass is 270 g/mol. The number of nitrogens with zero attached hydrogens (tertiary/aromatic N) is 1. The minimum absolute atomic E-state index is 0.0286. The van der Waals surface area contributed by atoms with Crippen LogP contribution in [-0.2, 0) is 6.54 Å². The highest BCUT2D eigenvalue weighted by Gasteiger charge is 2.12. The van der Waals surface area contributed by atoms with Crippen molar-refractivity contribution >= 4 is 21.6 Å². The van der Waals surface area contributed by atoms with Gasteiger partial charge in [-0.15, -0.1) is 0 Å². The summed E-state index contributed by atoms with van der Waals surface area (Å²) < 4.78 is 2.73. The highest BCUT2D eigenvalue weighted by Crippen LogP contribution is 2.23. The van der Waals surface area contributed by atoms with E-state index in [0.717, 1.165) is 26.9 Å². The second kappa shape index (κ2) is 4.64. The van der Waals surface area contributed by atoms with Gasteiger partial charge in [0.2, 0.25) is 0 Å². The van der Waals surface area contributed by atoms with Crippen LogP contribution in [0.15, 0.2) is 47.3 Å². The van der Waals surface area contributed by atoms with Gasteiger partial charge in [0.05, 0.1) is 15.8 Å². The maximum atomic E-state index is 12.4. The van der Waals surface area contributed by atoms with Gasteiger partial charge in [0.25, 0.3) is 5.56 Å². The van der Waals surface area contributed by atoms with Crippen LogP contribution >= 0.6 is 11.5 Å². The summed E-state index contributed by atoms with van der Waals surface area (Å²) in [6.07, 6.45) is 0. The van der Waals surface area contributed by atoms with E-state index in [-0.39, 0.29) is 5.56 Å². The van der Waals surface area contributed by atoms with E-state index in [9.17, 15) is 4.79 Å². The van der Waals surface area contributed by atoms with E-state index in [1.54, 1.807) is 3.96 Å². The third kappa shape index (κ3) is 1.89. The minimum atomic E-state index is 0.0286. The second-order valence-electron chi connectivity index (χ2n) is 4.46. The Bertz CT molecular complexity index is 801. The molecule has 0 amide bonds. The summed E-state index contributed by atoms with van der Waals surface area (Å²) >= 11 is 1.46. The van der Waals surface area contributed by atoms with Gasteiger partial charge in [-0.3, -0.25) is 4.79 Å². The van der Waals surface area contributed by atoms with Crippen molar-refractivity contribution in [1.82, 2.24) is 3.96 Å². The number of benzene rings is 2. The average molecular weight is 270 g/mol. The summed E-state index contributed by atoms with van der Waals surface area (Å²) in [6.45, 7) is 2.45. The fourth-order valence-corrected chi connectivity index (χ4v) is 3.31. The molecule has 0 saturated heterocycles. The fraction of sp³-hybridized carbons (Fsp3) is 0.133. The zero-order valence-corrected chi connectivity index (χ0v) is 11.4. The fourth-order valence-electron chi connectivity index (χ4n) is 2.27. The van der Waals surface area contributed by atoms with Gasteiger partial charge in [0.15, 0.2) is 0 Å². The Morgan fingerprint density at radius 2 is 1.95 bits per heavy atom. The van der Waals surface area contributed by atoms with Gasteiger partial charge in [0.1, 0.15) is 0 Å². The van der Waals surface area contributed by atoms with Crippen LogP contribution in [0, 0.1) is 6.92 Å². The predicted octanol–water partition coefficient (Wildman–Crippen LogP) is 2.82. The van der Waals surface area contributed by atoms with E-state index in [0.29, 0.717) is 6.54 Å². The average Bonchev–Trinajstić information content (AvgIpc) is 2.76. The van der Waals surface area contributed by atoms with Crippen molar-refractivity contribution in [1.29, 1.82) is 0 Å². The molecule has 0 aliphatic carbocycles. The molecule has 3 aromatic rings. The van der Waals surface area contributed by atoms with Crippen LogP contribution < -0.4 is 11.3 Å². The van der Waals surface area contributed by atoms with Crippen LogP contribution in [0.3, 0.4) is 0 Å². The molecule has 3 nitrogen and oxygen atoms in total. The smallest absolute Gasteiger partial charge is 0.273 e. The van der Waals surface area contributed by atoms with Gasteiger partial charge in [-0.1, -0.05) is 35.8 Å². The number of aryl methyl sites for hydroxylation is 1. The summed E-state index contributed by atoms with van der Waals surface area (Å²) in [4.78, 5) is 12.4. The van der Waals surface area contributed by atoms with Crippen LogP contribution in [0.4, 0.5) is 0 Å². The first-order valence-electron chi connectivity index (χ1n) is 6.12. The highest BCUT2D eigenvalue weighted by atomic mass is 32.1. The lowest BCUT2D eigenvalue weighted by atomic mass is 10.1. The Balaban J connectivity index is 2.34. The van der Waals surface area contributed by atoms with Crippen molar-refractivity contribution in [3.63, 3.8) is 0 Å². The summed E-state index contributed by atoms with van der Waals surface area (Å²) in [5.74, 6) is 0. The third-order valence-electron chi connectivity index (χ3n) is 3.30. The van der Waals surface area contributed by atoms with Crippen LogP contribution in [-0.4, -0.2) is 3.96 Å². The Morgan fingerprint density at radius 3 is 2.68 bits per heavy atom. The standard InChI is InChI=1S/C15H14N2OS/c1-10-5-4-7-13(12(10)9-16)17-15(18)11-6-2-3-8-14(11)19-17/h2-8H,9,16H2,1H3. The lowest BCUT2D eigenvalue weighted by Crippen LogP contribution is -2.14. The van der Waals surface area contributed by atoms with Gasteiger partial charge in [-0.2, -0.15) is 0 Å². The molecule has 0 unspecified atom stereocenters. The number of nitrogens with two attached hydrogens (primary N) is 1. The quantitative estimate of drug-likeness (QED) is 0.778. The SMILES string of the molecule is Cc1cccc(-n2sc3ccccc3c2=O)c1CN. The molecule has 19 heavy (non-hydrogen) atoms. The topological polar surface area (TPSA) is 48.0 Å². The Labute approximate surface area is 115 Å². The van der Waals surface area contributed by atoms with Gasteiger partial charge >= 0.3 is 0 Å². The molecule has 3 rings (SSSR count). The van der Waals surface area contributed by atoms with Gasteiger partial charge in [-0.25, -0.2) is 3.96 Å². The molecule has 0 saturated carbocycles. The summed E-state index contributed by atoms with van der Waals surface area (Å²) in [5, 5.41) is 0.761. The first kappa shape index (κ1) is 12.1. The molecule has 0 bridgehead atoms. The number of aromatic nitrogens is 1. The van der Waals surface area contributed by atoms with Crippen molar-refractivity contribution in [3.05, 3.63) is 63.9 Å². The van der Waals surface area contributed by atoms with E-state index in [1.165, 1.54) is 11.5 Å². The molecule has 1 heterocycles. The number of hydrogen-bond acceptors (Lipinski definition) is 3. The molecule has 2 aromatic carbocycles. The second-order valence-corrected chi connectivity index (χ2v) is 5.45. The van der Waals surface area contributed by atoms with Crippen molar-refractivity contribution in [2.24, 2.45) is 5.73 Å². The Morgan fingerprint density at radius 1 is 1.16 bits per heavy atom. The van der Waals surface area contributed by atoms with Gasteiger partial charge in [0, 0.05) is 6.54 Å². The summed E-state index contributed by atoms with van der Waals surface area (Å²) in [6, 6.07) is 13.6. The third-order valence-corrected chi connectivity index (χ3v) is 4.40. The molecule has 0 fully saturated rings. The largest absolute Gasteiger partial charge is 0.326 e. The molecule has 0 atom stereocenters. The minimum Gasteiger partial charge on any atom is -0.326 e. The number of fused-ring (bicyclic) bond motifs is 1. The predicted molar refractivity (Wildman–Crippen MR) is 80.1 cm³/mol. The van der Waals surface area contributed by atoms with Crippen molar-refractivity contribution in [2.75, 3.05) is 0 Å². The van der Waals surface area contributed by atoms with Gasteiger partial charge in [-0.05, 0) is 36.2 Å². The Hall–Kier alpha value is -1.91. The maximum absolute atomic E-state index is 12.4. The van der Waals surface area contributed by atoms with E-state index in [2.05, 4.69) is 0 Å². The number of rotatable bonds is 2. The molecule has 2 N–H and O–H groups in total. The van der Waals surface area contributed by atoms with Crippen molar-refractivity contribution in [3.8, 4) is 5.69 Å². The summed E-state index contributed by atoms with van der Waals surface area (Å²) in [7, 11) is 0. The van der Waals surface area contributed by atoms with E-state index >= 15 is 0 Å². The van der Waals surface area contributed by atoms with E-state index in [1.807, 2.05) is 49.4 Å².